The van der Waals surface area contributed by atoms with Crippen LogP contribution in [-0.2, 0) is 6.54 Å². The molecule has 0 aliphatic carbocycles. The zero-order chi connectivity index (χ0) is 17.4. The van der Waals surface area contributed by atoms with E-state index in [0.29, 0.717) is 12.5 Å². The Kier molecular flexibility index (Phi) is 7.99. The smallest absolute Gasteiger partial charge is 0.191 e. The average Bonchev–Trinajstić information content (AvgIpc) is 3.04. The van der Waals surface area contributed by atoms with E-state index >= 15 is 0 Å². The van der Waals surface area contributed by atoms with Crippen molar-refractivity contribution in [2.24, 2.45) is 10.9 Å². The maximum absolute atomic E-state index is 4.67. The normalized spacial score (nSPS) is 17.5. The van der Waals surface area contributed by atoms with Crippen LogP contribution in [0.25, 0.3) is 0 Å². The van der Waals surface area contributed by atoms with Gasteiger partial charge in [-0.05, 0) is 44.7 Å². The van der Waals surface area contributed by atoms with Crippen molar-refractivity contribution in [1.29, 1.82) is 0 Å². The molecule has 2 heterocycles. The number of guanidine groups is 1. The molecule has 2 N–H and O–H groups in total. The number of aromatic nitrogens is 1. The van der Waals surface area contributed by atoms with Crippen molar-refractivity contribution in [3.63, 3.8) is 0 Å². The largest absolute Gasteiger partial charge is 0.357 e. The molecule has 0 aromatic carbocycles. The molecule has 6 heteroatoms. The first kappa shape index (κ1) is 19.2. The van der Waals surface area contributed by atoms with Crippen molar-refractivity contribution in [3.05, 3.63) is 16.1 Å². The van der Waals surface area contributed by atoms with Gasteiger partial charge in [0.05, 0.1) is 12.2 Å². The van der Waals surface area contributed by atoms with Gasteiger partial charge in [0.25, 0.3) is 0 Å². The highest BCUT2D eigenvalue weighted by molar-refractivity contribution is 7.09. The average molecular weight is 352 g/mol. The van der Waals surface area contributed by atoms with Gasteiger partial charge in [0.1, 0.15) is 5.01 Å². The van der Waals surface area contributed by atoms with E-state index in [9.17, 15) is 0 Å². The summed E-state index contributed by atoms with van der Waals surface area (Å²) >= 11 is 1.70. The topological polar surface area (TPSA) is 52.6 Å². The quantitative estimate of drug-likeness (QED) is 0.586. The Morgan fingerprint density at radius 3 is 2.75 bits per heavy atom. The lowest BCUT2D eigenvalue weighted by Gasteiger charge is -2.30. The Morgan fingerprint density at radius 1 is 1.38 bits per heavy atom. The molecule has 0 bridgehead atoms. The first-order chi connectivity index (χ1) is 11.6. The predicted octanol–water partition coefficient (Wildman–Crippen LogP) is 3.05. The summed E-state index contributed by atoms with van der Waals surface area (Å²) in [4.78, 5) is 11.9. The molecule has 1 saturated heterocycles. The molecule has 5 nitrogen and oxygen atoms in total. The third-order valence-corrected chi connectivity index (χ3v) is 5.33. The molecule has 1 fully saturated rings. The van der Waals surface area contributed by atoms with Crippen molar-refractivity contribution < 1.29 is 0 Å². The number of nitrogens with zero attached hydrogens (tertiary/aromatic N) is 3. The van der Waals surface area contributed by atoms with Crippen LogP contribution in [0, 0.1) is 5.92 Å². The highest BCUT2D eigenvalue weighted by atomic mass is 32.1. The first-order valence-electron chi connectivity index (χ1n) is 9.27. The van der Waals surface area contributed by atoms with Crippen LogP contribution >= 0.6 is 11.3 Å². The zero-order valence-corrected chi connectivity index (χ0v) is 16.5. The van der Waals surface area contributed by atoms with Gasteiger partial charge in [-0.2, -0.15) is 0 Å². The van der Waals surface area contributed by atoms with Crippen molar-refractivity contribution in [3.8, 4) is 0 Å². The number of likely N-dealkylation sites (tertiary alicyclic amines) is 1. The van der Waals surface area contributed by atoms with E-state index in [2.05, 4.69) is 58.6 Å². The first-order valence-corrected chi connectivity index (χ1v) is 10.1. The lowest BCUT2D eigenvalue weighted by molar-refractivity contribution is 0.195. The Bertz CT molecular complexity index is 503. The van der Waals surface area contributed by atoms with Gasteiger partial charge in [-0.25, -0.2) is 9.98 Å². The summed E-state index contributed by atoms with van der Waals surface area (Å²) in [7, 11) is 0. The van der Waals surface area contributed by atoms with Crippen molar-refractivity contribution in [2.45, 2.75) is 53.0 Å². The highest BCUT2D eigenvalue weighted by Gasteiger charge is 2.15. The maximum atomic E-state index is 4.67. The molecule has 0 amide bonds. The van der Waals surface area contributed by atoms with Crippen molar-refractivity contribution in [1.82, 2.24) is 20.5 Å². The minimum atomic E-state index is 0.484. The molecule has 0 atom stereocenters. The molecular formula is C18H33N5S. The molecule has 2 rings (SSSR count). The summed E-state index contributed by atoms with van der Waals surface area (Å²) in [6.07, 6.45) is 2.66. The lowest BCUT2D eigenvalue weighted by Crippen LogP contribution is -2.43. The van der Waals surface area contributed by atoms with Crippen LogP contribution in [-0.4, -0.2) is 48.6 Å². The summed E-state index contributed by atoms with van der Waals surface area (Å²) in [6.45, 7) is 14.8. The summed E-state index contributed by atoms with van der Waals surface area (Å²) in [5.74, 6) is 2.27. The molecule has 1 aromatic heterocycles. The fourth-order valence-corrected chi connectivity index (χ4v) is 3.65. The van der Waals surface area contributed by atoms with Gasteiger partial charge in [-0.1, -0.05) is 20.8 Å². The molecule has 136 valence electrons. The Hall–Kier alpha value is -1.14. The summed E-state index contributed by atoms with van der Waals surface area (Å²) < 4.78 is 0. The van der Waals surface area contributed by atoms with Gasteiger partial charge in [-0.3, -0.25) is 0 Å². The van der Waals surface area contributed by atoms with Gasteiger partial charge < -0.3 is 15.5 Å². The molecule has 24 heavy (non-hydrogen) atoms. The van der Waals surface area contributed by atoms with Crippen LogP contribution in [0.2, 0.25) is 0 Å². The van der Waals surface area contributed by atoms with Crippen molar-refractivity contribution >= 4 is 17.3 Å². The van der Waals surface area contributed by atoms with Gasteiger partial charge in [0, 0.05) is 25.0 Å². The SMILES string of the molecule is CCNC(=NCc1nc(C(C)C)cs1)NCCN1CCC(C)CC1. The Labute approximate surface area is 151 Å². The Morgan fingerprint density at radius 2 is 2.12 bits per heavy atom. The molecule has 1 aromatic rings. The summed E-state index contributed by atoms with van der Waals surface area (Å²) in [5, 5.41) is 10.0. The van der Waals surface area contributed by atoms with E-state index in [4.69, 9.17) is 0 Å². The minimum absolute atomic E-state index is 0.484. The molecule has 0 spiro atoms. The molecule has 1 aliphatic heterocycles. The van der Waals surface area contributed by atoms with Crippen molar-refractivity contribution in [2.75, 3.05) is 32.7 Å². The molecule has 0 unspecified atom stereocenters. The summed E-state index contributed by atoms with van der Waals surface area (Å²) in [6, 6.07) is 0. The molecule has 0 saturated carbocycles. The summed E-state index contributed by atoms with van der Waals surface area (Å²) in [5.41, 5.74) is 1.17. The third kappa shape index (κ3) is 6.40. The minimum Gasteiger partial charge on any atom is -0.357 e. The van der Waals surface area contributed by atoms with E-state index in [1.165, 1.54) is 31.6 Å². The van der Waals surface area contributed by atoms with Gasteiger partial charge >= 0.3 is 0 Å². The second-order valence-corrected chi connectivity index (χ2v) is 7.91. The van der Waals surface area contributed by atoms with E-state index in [-0.39, 0.29) is 0 Å². The fourth-order valence-electron chi connectivity index (χ4n) is 2.77. The van der Waals surface area contributed by atoms with Crippen LogP contribution in [0.15, 0.2) is 10.4 Å². The fraction of sp³-hybridized carbons (Fsp3) is 0.778. The number of aliphatic imine (C=N–C) groups is 1. The highest BCUT2D eigenvalue weighted by Crippen LogP contribution is 2.18. The Balaban J connectivity index is 1.77. The van der Waals surface area contributed by atoms with Crippen LogP contribution in [0.3, 0.4) is 0 Å². The second kappa shape index (κ2) is 9.99. The lowest BCUT2D eigenvalue weighted by atomic mass is 9.99. The number of hydrogen-bond acceptors (Lipinski definition) is 4. The predicted molar refractivity (Wildman–Crippen MR) is 104 cm³/mol. The van der Waals surface area contributed by atoms with Crippen LogP contribution in [0.1, 0.15) is 57.2 Å². The van der Waals surface area contributed by atoms with Gasteiger partial charge in [0.15, 0.2) is 5.96 Å². The monoisotopic (exact) mass is 351 g/mol. The van der Waals surface area contributed by atoms with E-state index in [1.54, 1.807) is 11.3 Å². The standard InChI is InChI=1S/C18H33N5S/c1-5-19-18(20-8-11-23-9-6-15(4)7-10-23)21-12-17-22-16(13-24-17)14(2)3/h13-15H,5-12H2,1-4H3,(H2,19,20,21). The second-order valence-electron chi connectivity index (χ2n) is 6.97. The van der Waals surface area contributed by atoms with Crippen LogP contribution < -0.4 is 10.6 Å². The van der Waals surface area contributed by atoms with E-state index < -0.39 is 0 Å². The van der Waals surface area contributed by atoms with Crippen LogP contribution in [0.4, 0.5) is 0 Å². The number of piperidine rings is 1. The molecular weight excluding hydrogens is 318 g/mol. The number of rotatable bonds is 7. The molecule has 1 aliphatic rings. The zero-order valence-electron chi connectivity index (χ0n) is 15.6. The number of thiazole rings is 1. The number of nitrogens with one attached hydrogen (secondary N) is 2. The van der Waals surface area contributed by atoms with Gasteiger partial charge in [0.2, 0.25) is 0 Å². The third-order valence-electron chi connectivity index (χ3n) is 4.47. The van der Waals surface area contributed by atoms with E-state index in [0.717, 1.165) is 36.5 Å². The number of hydrogen-bond donors (Lipinski definition) is 2. The van der Waals surface area contributed by atoms with Crippen LogP contribution in [0.5, 0.6) is 0 Å². The molecule has 0 radical (unpaired) electrons. The maximum Gasteiger partial charge on any atom is 0.191 e. The van der Waals surface area contributed by atoms with E-state index in [1.807, 2.05) is 0 Å². The van der Waals surface area contributed by atoms with Gasteiger partial charge in [-0.15, -0.1) is 11.3 Å².